The van der Waals surface area contributed by atoms with E-state index in [1.165, 1.54) is 0 Å². The average molecular weight is 320 g/mol. The van der Waals surface area contributed by atoms with Crippen molar-refractivity contribution < 1.29 is 19.1 Å². The van der Waals surface area contributed by atoms with Crippen LogP contribution in [0, 0.1) is 0 Å². The van der Waals surface area contributed by atoms with E-state index in [-0.39, 0.29) is 17.9 Å². The Morgan fingerprint density at radius 1 is 1.00 bits per heavy atom. The van der Waals surface area contributed by atoms with E-state index in [1.54, 1.807) is 9.80 Å². The van der Waals surface area contributed by atoms with Crippen LogP contribution in [0.5, 0.6) is 0 Å². The van der Waals surface area contributed by atoms with E-state index in [0.29, 0.717) is 44.4 Å². The van der Waals surface area contributed by atoms with Crippen molar-refractivity contribution >= 4 is 11.8 Å². The molecule has 1 atom stereocenters. The molecule has 1 fully saturated rings. The molecule has 3 aliphatic heterocycles. The van der Waals surface area contributed by atoms with Gasteiger partial charge in [0.15, 0.2) is 11.5 Å². The van der Waals surface area contributed by atoms with Crippen molar-refractivity contribution in [1.82, 2.24) is 9.80 Å². The van der Waals surface area contributed by atoms with E-state index in [4.69, 9.17) is 9.47 Å². The van der Waals surface area contributed by atoms with Crippen LogP contribution in [0.25, 0.3) is 0 Å². The molecule has 0 spiro atoms. The lowest BCUT2D eigenvalue weighted by atomic mass is 10.1. The van der Waals surface area contributed by atoms with Crippen molar-refractivity contribution in [2.45, 2.75) is 38.6 Å². The van der Waals surface area contributed by atoms with Crippen LogP contribution in [-0.4, -0.2) is 60.5 Å². The minimum absolute atomic E-state index is 0.0317. The first-order valence-corrected chi connectivity index (χ1v) is 8.43. The molecule has 0 aromatic heterocycles. The molecule has 126 valence electrons. The minimum atomic E-state index is -0.0585. The Labute approximate surface area is 136 Å². The van der Waals surface area contributed by atoms with Gasteiger partial charge in [-0.05, 0) is 44.8 Å². The molecule has 23 heavy (non-hydrogen) atoms. The second kappa shape index (κ2) is 7.06. The Morgan fingerprint density at radius 2 is 1.61 bits per heavy atom. The van der Waals surface area contributed by atoms with Crippen molar-refractivity contribution in [3.63, 3.8) is 0 Å². The summed E-state index contributed by atoms with van der Waals surface area (Å²) in [5.74, 6) is 0.803. The van der Waals surface area contributed by atoms with E-state index in [0.717, 1.165) is 25.7 Å². The molecule has 0 aliphatic carbocycles. The number of rotatable bonds is 2. The van der Waals surface area contributed by atoms with Gasteiger partial charge in [0.25, 0.3) is 11.8 Å². The number of ether oxygens (including phenoxy) is 2. The zero-order valence-electron chi connectivity index (χ0n) is 13.6. The minimum Gasteiger partial charge on any atom is -0.488 e. The maximum atomic E-state index is 12.5. The zero-order valence-corrected chi connectivity index (χ0v) is 13.6. The molecule has 0 unspecified atom stereocenters. The number of nitrogens with zero attached hydrogens (tertiary/aromatic N) is 2. The fraction of sp³-hybridized carbons (Fsp3) is 0.647. The van der Waals surface area contributed by atoms with Gasteiger partial charge in [-0.2, -0.15) is 0 Å². The third-order valence-corrected chi connectivity index (χ3v) is 4.47. The monoisotopic (exact) mass is 320 g/mol. The molecule has 0 saturated carbocycles. The number of carbonyl (C=O) groups excluding carboxylic acids is 2. The molecule has 0 aromatic rings. The summed E-state index contributed by atoms with van der Waals surface area (Å²) in [5, 5.41) is 0. The highest BCUT2D eigenvalue weighted by Gasteiger charge is 2.33. The molecule has 0 radical (unpaired) electrons. The third kappa shape index (κ3) is 3.51. The van der Waals surface area contributed by atoms with Gasteiger partial charge in [-0.3, -0.25) is 9.59 Å². The van der Waals surface area contributed by atoms with Crippen LogP contribution < -0.4 is 0 Å². The highest BCUT2D eigenvalue weighted by atomic mass is 16.5. The first-order chi connectivity index (χ1) is 11.2. The molecule has 3 aliphatic rings. The van der Waals surface area contributed by atoms with Gasteiger partial charge in [0.05, 0.1) is 13.2 Å². The van der Waals surface area contributed by atoms with Gasteiger partial charge >= 0.3 is 0 Å². The second-order valence-corrected chi connectivity index (χ2v) is 6.22. The summed E-state index contributed by atoms with van der Waals surface area (Å²) < 4.78 is 10.9. The molecule has 0 bridgehead atoms. The lowest BCUT2D eigenvalue weighted by Crippen LogP contribution is -2.56. The average Bonchev–Trinajstić information content (AvgIpc) is 2.62. The Bertz CT molecular complexity index is 541. The van der Waals surface area contributed by atoms with Crippen molar-refractivity contribution in [3.05, 3.63) is 23.7 Å². The third-order valence-electron chi connectivity index (χ3n) is 4.47. The van der Waals surface area contributed by atoms with Gasteiger partial charge in [-0.1, -0.05) is 0 Å². The number of hydrogen-bond acceptors (Lipinski definition) is 4. The van der Waals surface area contributed by atoms with Gasteiger partial charge in [0.2, 0.25) is 0 Å². The number of allylic oxidation sites excluding steroid dienone is 2. The summed E-state index contributed by atoms with van der Waals surface area (Å²) in [6.07, 6.45) is 7.44. The summed E-state index contributed by atoms with van der Waals surface area (Å²) in [4.78, 5) is 28.6. The summed E-state index contributed by atoms with van der Waals surface area (Å²) >= 11 is 0. The van der Waals surface area contributed by atoms with Crippen molar-refractivity contribution in [1.29, 1.82) is 0 Å². The lowest BCUT2D eigenvalue weighted by molar-refractivity contribution is -0.142. The van der Waals surface area contributed by atoms with E-state index >= 15 is 0 Å². The van der Waals surface area contributed by atoms with Gasteiger partial charge < -0.3 is 19.3 Å². The molecule has 0 N–H and O–H groups in total. The molecule has 1 saturated heterocycles. The lowest BCUT2D eigenvalue weighted by Gasteiger charge is -2.40. The van der Waals surface area contributed by atoms with Crippen LogP contribution in [0.15, 0.2) is 23.7 Å². The summed E-state index contributed by atoms with van der Waals surface area (Å²) in [7, 11) is 0. The van der Waals surface area contributed by atoms with E-state index in [9.17, 15) is 9.59 Å². The van der Waals surface area contributed by atoms with Crippen LogP contribution in [0.1, 0.15) is 32.6 Å². The SMILES string of the molecule is C[C@H]1CN(C(=O)C2=CCCCO2)CCN1C(=O)C1=CCCCO1. The Morgan fingerprint density at radius 3 is 2.13 bits per heavy atom. The normalized spacial score (nSPS) is 25.0. The maximum absolute atomic E-state index is 12.5. The zero-order chi connectivity index (χ0) is 16.2. The van der Waals surface area contributed by atoms with Crippen LogP contribution in [0.3, 0.4) is 0 Å². The first kappa shape index (κ1) is 15.9. The van der Waals surface area contributed by atoms with E-state index in [2.05, 4.69) is 0 Å². The fourth-order valence-electron chi connectivity index (χ4n) is 3.15. The Kier molecular flexibility index (Phi) is 4.88. The second-order valence-electron chi connectivity index (χ2n) is 6.22. The smallest absolute Gasteiger partial charge is 0.288 e. The molecule has 6 nitrogen and oxygen atoms in total. The maximum Gasteiger partial charge on any atom is 0.288 e. The molecule has 2 amide bonds. The van der Waals surface area contributed by atoms with Crippen molar-refractivity contribution in [3.8, 4) is 0 Å². The van der Waals surface area contributed by atoms with Gasteiger partial charge in [0, 0.05) is 25.7 Å². The highest BCUT2D eigenvalue weighted by Crippen LogP contribution is 2.20. The summed E-state index contributed by atoms with van der Waals surface area (Å²) in [6, 6.07) is -0.0317. The number of hydrogen-bond donors (Lipinski definition) is 0. The van der Waals surface area contributed by atoms with Crippen molar-refractivity contribution in [2.24, 2.45) is 0 Å². The van der Waals surface area contributed by atoms with Crippen LogP contribution in [0.2, 0.25) is 0 Å². The molecular formula is C17H24N2O4. The standard InChI is InChI=1S/C17H24N2O4/c1-13-12-18(16(20)14-6-2-4-10-22-14)8-9-19(13)17(21)15-7-3-5-11-23-15/h6-7,13H,2-5,8-12H2,1H3/t13-/m0/s1. The largest absolute Gasteiger partial charge is 0.488 e. The first-order valence-electron chi connectivity index (χ1n) is 8.43. The van der Waals surface area contributed by atoms with E-state index in [1.807, 2.05) is 19.1 Å². The molecular weight excluding hydrogens is 296 g/mol. The Balaban J connectivity index is 1.60. The van der Waals surface area contributed by atoms with Gasteiger partial charge in [-0.25, -0.2) is 0 Å². The van der Waals surface area contributed by atoms with E-state index < -0.39 is 0 Å². The summed E-state index contributed by atoms with van der Waals surface area (Å²) in [6.45, 7) is 4.77. The predicted octanol–water partition coefficient (Wildman–Crippen LogP) is 1.43. The number of amides is 2. The highest BCUT2D eigenvalue weighted by molar-refractivity contribution is 5.93. The quantitative estimate of drug-likeness (QED) is 0.772. The van der Waals surface area contributed by atoms with Crippen LogP contribution >= 0.6 is 0 Å². The summed E-state index contributed by atoms with van der Waals surface area (Å²) in [5.41, 5.74) is 0. The molecule has 3 heterocycles. The topological polar surface area (TPSA) is 59.1 Å². The van der Waals surface area contributed by atoms with Crippen LogP contribution in [0.4, 0.5) is 0 Å². The Hall–Kier alpha value is -1.98. The number of carbonyl (C=O) groups is 2. The van der Waals surface area contributed by atoms with Crippen LogP contribution in [-0.2, 0) is 19.1 Å². The van der Waals surface area contributed by atoms with Gasteiger partial charge in [0.1, 0.15) is 0 Å². The molecule has 0 aromatic carbocycles. The number of piperazine rings is 1. The molecule has 6 heteroatoms. The fourth-order valence-corrected chi connectivity index (χ4v) is 3.15. The van der Waals surface area contributed by atoms with Crippen molar-refractivity contribution in [2.75, 3.05) is 32.8 Å². The molecule has 3 rings (SSSR count). The predicted molar refractivity (Wildman–Crippen MR) is 84.3 cm³/mol. The van der Waals surface area contributed by atoms with Gasteiger partial charge in [-0.15, -0.1) is 0 Å².